The molecule has 0 aliphatic heterocycles. The summed E-state index contributed by atoms with van der Waals surface area (Å²) < 4.78 is 31.7. The van der Waals surface area contributed by atoms with Crippen LogP contribution in [0.4, 0.5) is 11.4 Å². The van der Waals surface area contributed by atoms with Crippen LogP contribution in [0.15, 0.2) is 48.5 Å². The number of benzene rings is 2. The Morgan fingerprint density at radius 3 is 2.37 bits per heavy atom. The van der Waals surface area contributed by atoms with Crippen molar-refractivity contribution in [3.63, 3.8) is 0 Å². The molecule has 0 heterocycles. The normalized spacial score (nSPS) is 11.9. The minimum Gasteiger partial charge on any atom is -0.495 e. The Morgan fingerprint density at radius 1 is 1.13 bits per heavy atom. The van der Waals surface area contributed by atoms with Gasteiger partial charge in [0, 0.05) is 25.2 Å². The van der Waals surface area contributed by atoms with Crippen LogP contribution in [-0.2, 0) is 26.0 Å². The predicted octanol–water partition coefficient (Wildman–Crippen LogP) is 3.14. The zero-order valence-corrected chi connectivity index (χ0v) is 23.1. The molecule has 0 saturated carbocycles. The highest BCUT2D eigenvalue weighted by molar-refractivity contribution is 7.92. The molecular weight excluding hydrogens is 512 g/mol. The van der Waals surface area contributed by atoms with E-state index in [0.29, 0.717) is 19.4 Å². The van der Waals surface area contributed by atoms with Crippen molar-refractivity contribution < 1.29 is 27.7 Å². The van der Waals surface area contributed by atoms with Gasteiger partial charge in [-0.25, -0.2) is 8.42 Å². The zero-order chi connectivity index (χ0) is 28.3. The molecule has 0 aliphatic rings. The minimum atomic E-state index is -4.08. The molecule has 0 radical (unpaired) electrons. The highest BCUT2D eigenvalue weighted by atomic mass is 32.2. The van der Waals surface area contributed by atoms with Gasteiger partial charge in [0.1, 0.15) is 24.0 Å². The second-order valence-corrected chi connectivity index (χ2v) is 10.7. The number of nitrogens with zero attached hydrogens (tertiary/aromatic N) is 3. The van der Waals surface area contributed by atoms with E-state index in [1.54, 1.807) is 6.92 Å². The first kappa shape index (κ1) is 30.6. The smallest absolute Gasteiger partial charge is 0.271 e. The molecule has 11 nitrogen and oxygen atoms in total. The molecule has 0 bridgehead atoms. The van der Waals surface area contributed by atoms with Crippen LogP contribution >= 0.6 is 0 Å². The van der Waals surface area contributed by atoms with Crippen LogP contribution in [0.2, 0.25) is 0 Å². The average molecular weight is 549 g/mol. The Balaban J connectivity index is 2.45. The van der Waals surface area contributed by atoms with E-state index >= 15 is 0 Å². The maximum atomic E-state index is 13.7. The van der Waals surface area contributed by atoms with Gasteiger partial charge in [0.25, 0.3) is 5.69 Å². The molecule has 0 fully saturated rings. The Kier molecular flexibility index (Phi) is 11.5. The predicted molar refractivity (Wildman–Crippen MR) is 146 cm³/mol. The number of nitro benzene ring substituents is 1. The molecule has 38 heavy (non-hydrogen) atoms. The van der Waals surface area contributed by atoms with Crippen LogP contribution in [-0.4, -0.2) is 69.1 Å². The fourth-order valence-electron chi connectivity index (χ4n) is 3.98. The number of ether oxygens (including phenoxy) is 1. The number of non-ortho nitro benzene ring substituents is 1. The van der Waals surface area contributed by atoms with Gasteiger partial charge in [-0.05, 0) is 30.9 Å². The molecule has 0 spiro atoms. The number of sulfonamides is 1. The van der Waals surface area contributed by atoms with Gasteiger partial charge in [-0.15, -0.1) is 0 Å². The zero-order valence-electron chi connectivity index (χ0n) is 22.3. The van der Waals surface area contributed by atoms with Gasteiger partial charge in [0.2, 0.25) is 21.8 Å². The van der Waals surface area contributed by atoms with E-state index in [2.05, 4.69) is 5.32 Å². The van der Waals surface area contributed by atoms with Crippen LogP contribution < -0.4 is 14.4 Å². The summed E-state index contributed by atoms with van der Waals surface area (Å²) in [7, 11) is -2.78. The van der Waals surface area contributed by atoms with Crippen molar-refractivity contribution in [3.05, 3.63) is 64.2 Å². The first-order chi connectivity index (χ1) is 18.0. The first-order valence-corrected chi connectivity index (χ1v) is 14.3. The highest BCUT2D eigenvalue weighted by Crippen LogP contribution is 2.33. The molecule has 0 unspecified atom stereocenters. The summed E-state index contributed by atoms with van der Waals surface area (Å²) in [5.74, 6) is -0.882. The molecular formula is C26H36N4O7S. The number of hydrogen-bond acceptors (Lipinski definition) is 7. The lowest BCUT2D eigenvalue weighted by molar-refractivity contribution is -0.384. The second-order valence-electron chi connectivity index (χ2n) is 8.77. The third kappa shape index (κ3) is 8.44. The third-order valence-corrected chi connectivity index (χ3v) is 7.15. The third-order valence-electron chi connectivity index (χ3n) is 6.02. The lowest BCUT2D eigenvalue weighted by Crippen LogP contribution is -2.53. The lowest BCUT2D eigenvalue weighted by Gasteiger charge is -2.33. The quantitative estimate of drug-likeness (QED) is 0.205. The minimum absolute atomic E-state index is 0.0500. The molecule has 2 aromatic rings. The van der Waals surface area contributed by atoms with E-state index < -0.39 is 33.4 Å². The molecule has 0 aliphatic carbocycles. The van der Waals surface area contributed by atoms with Gasteiger partial charge in [-0.3, -0.25) is 24.0 Å². The Morgan fingerprint density at radius 2 is 1.82 bits per heavy atom. The van der Waals surface area contributed by atoms with Gasteiger partial charge in [0.15, 0.2) is 0 Å². The molecule has 1 atom stereocenters. The fraction of sp³-hybridized carbons (Fsp3) is 0.462. The van der Waals surface area contributed by atoms with Gasteiger partial charge in [0.05, 0.1) is 18.3 Å². The second kappa shape index (κ2) is 14.3. The van der Waals surface area contributed by atoms with E-state index in [4.69, 9.17) is 4.74 Å². The standard InChI is InChI=1S/C26H36N4O7S/c1-5-7-16-27-26(32)22(6-2)28(17-15-20-11-9-8-10-12-20)25(31)19-29(38(4,35)36)23-18-21(30(33)34)13-14-24(23)37-3/h8-14,18,22H,5-7,15-17,19H2,1-4H3,(H,27,32)/t22-/m1/s1. The Labute approximate surface area is 224 Å². The van der Waals surface area contributed by atoms with Crippen molar-refractivity contribution in [2.24, 2.45) is 0 Å². The van der Waals surface area contributed by atoms with Crippen LogP contribution in [0.1, 0.15) is 38.7 Å². The largest absolute Gasteiger partial charge is 0.495 e. The first-order valence-electron chi connectivity index (χ1n) is 12.4. The number of amides is 2. The number of anilines is 1. The Hall–Kier alpha value is -3.67. The van der Waals surface area contributed by atoms with E-state index in [-0.39, 0.29) is 29.6 Å². The molecule has 208 valence electrons. The summed E-state index contributed by atoms with van der Waals surface area (Å²) in [6, 6.07) is 12.1. The van der Waals surface area contributed by atoms with Gasteiger partial charge < -0.3 is 15.0 Å². The topological polar surface area (TPSA) is 139 Å². The van der Waals surface area contributed by atoms with Gasteiger partial charge in [-0.2, -0.15) is 0 Å². The van der Waals surface area contributed by atoms with Crippen molar-refractivity contribution in [2.45, 2.75) is 45.6 Å². The van der Waals surface area contributed by atoms with Crippen molar-refractivity contribution in [1.29, 1.82) is 0 Å². The SMILES string of the molecule is CCCCNC(=O)[C@@H](CC)N(CCc1ccccc1)C(=O)CN(c1cc([N+](=O)[O-])ccc1OC)S(C)(=O)=O. The Bertz CT molecular complexity index is 1210. The van der Waals surface area contributed by atoms with Crippen molar-refractivity contribution in [3.8, 4) is 5.75 Å². The average Bonchev–Trinajstić information content (AvgIpc) is 2.89. The number of hydrogen-bond donors (Lipinski definition) is 1. The molecule has 2 rings (SSSR count). The van der Waals surface area contributed by atoms with E-state index in [1.165, 1.54) is 24.1 Å². The van der Waals surface area contributed by atoms with E-state index in [0.717, 1.165) is 35.0 Å². The highest BCUT2D eigenvalue weighted by Gasteiger charge is 2.32. The molecule has 0 saturated heterocycles. The summed E-state index contributed by atoms with van der Waals surface area (Å²) in [5.41, 5.74) is 0.456. The fourth-order valence-corrected chi connectivity index (χ4v) is 4.83. The number of carbonyl (C=O) groups is 2. The monoisotopic (exact) mass is 548 g/mol. The number of methoxy groups -OCH3 is 1. The van der Waals surface area contributed by atoms with Crippen molar-refractivity contribution >= 4 is 33.2 Å². The van der Waals surface area contributed by atoms with Crippen LogP contribution in [0.3, 0.4) is 0 Å². The number of carbonyl (C=O) groups excluding carboxylic acids is 2. The van der Waals surface area contributed by atoms with Crippen molar-refractivity contribution in [2.75, 3.05) is 37.3 Å². The van der Waals surface area contributed by atoms with Gasteiger partial charge >= 0.3 is 0 Å². The molecule has 1 N–H and O–H groups in total. The van der Waals surface area contributed by atoms with Crippen LogP contribution in [0.5, 0.6) is 5.75 Å². The number of nitrogens with one attached hydrogen (secondary N) is 1. The van der Waals surface area contributed by atoms with E-state index in [9.17, 15) is 28.1 Å². The van der Waals surface area contributed by atoms with Crippen LogP contribution in [0, 0.1) is 10.1 Å². The molecule has 0 aromatic heterocycles. The number of nitro groups is 1. The van der Waals surface area contributed by atoms with Crippen LogP contribution in [0.25, 0.3) is 0 Å². The molecule has 2 amide bonds. The summed E-state index contributed by atoms with van der Waals surface area (Å²) in [4.78, 5) is 38.8. The molecule has 12 heteroatoms. The number of unbranched alkanes of at least 4 members (excludes halogenated alkanes) is 1. The summed E-state index contributed by atoms with van der Waals surface area (Å²) in [6.07, 6.45) is 3.35. The maximum absolute atomic E-state index is 13.7. The summed E-state index contributed by atoms with van der Waals surface area (Å²) in [6.45, 7) is 3.76. The maximum Gasteiger partial charge on any atom is 0.271 e. The number of rotatable bonds is 15. The van der Waals surface area contributed by atoms with E-state index in [1.807, 2.05) is 37.3 Å². The summed E-state index contributed by atoms with van der Waals surface area (Å²) >= 11 is 0. The van der Waals surface area contributed by atoms with Gasteiger partial charge in [-0.1, -0.05) is 50.6 Å². The van der Waals surface area contributed by atoms with Crippen molar-refractivity contribution in [1.82, 2.24) is 10.2 Å². The molecule has 2 aromatic carbocycles. The lowest BCUT2D eigenvalue weighted by atomic mass is 10.1. The summed E-state index contributed by atoms with van der Waals surface area (Å²) in [5, 5.41) is 14.2.